The Kier molecular flexibility index (Phi) is 6.78. The van der Waals surface area contributed by atoms with E-state index in [9.17, 15) is 24.3 Å². The molecule has 178 valence electrons. The first kappa shape index (κ1) is 23.2. The van der Waals surface area contributed by atoms with Crippen molar-refractivity contribution in [2.75, 3.05) is 20.3 Å². The van der Waals surface area contributed by atoms with E-state index in [1.807, 2.05) is 48.5 Å². The van der Waals surface area contributed by atoms with Gasteiger partial charge < -0.3 is 19.9 Å². The summed E-state index contributed by atoms with van der Waals surface area (Å²) < 4.78 is 10.7. The Labute approximate surface area is 195 Å². The van der Waals surface area contributed by atoms with Crippen molar-refractivity contribution in [3.05, 3.63) is 59.7 Å². The Balaban J connectivity index is 1.30. The molecule has 4 rings (SSSR count). The summed E-state index contributed by atoms with van der Waals surface area (Å²) >= 11 is 0. The molecule has 34 heavy (non-hydrogen) atoms. The van der Waals surface area contributed by atoms with Crippen molar-refractivity contribution < 1.29 is 33.8 Å². The summed E-state index contributed by atoms with van der Waals surface area (Å²) in [5.74, 6) is -2.53. The van der Waals surface area contributed by atoms with Crippen LogP contribution >= 0.6 is 0 Å². The SMILES string of the molecule is COC(CNC(=O)OCC1c2ccccc2-c2ccccc21)CC(=O)N1NC(=O)CC1C(=O)O. The molecule has 1 saturated heterocycles. The highest BCUT2D eigenvalue weighted by Crippen LogP contribution is 2.44. The number of hydrogen-bond donors (Lipinski definition) is 3. The molecule has 1 aliphatic heterocycles. The number of fused-ring (bicyclic) bond motifs is 3. The number of amides is 3. The zero-order valence-corrected chi connectivity index (χ0v) is 18.5. The molecule has 2 atom stereocenters. The van der Waals surface area contributed by atoms with Gasteiger partial charge >= 0.3 is 12.1 Å². The largest absolute Gasteiger partial charge is 0.480 e. The minimum absolute atomic E-state index is 0.0293. The summed E-state index contributed by atoms with van der Waals surface area (Å²) in [7, 11) is 1.37. The van der Waals surface area contributed by atoms with Crippen molar-refractivity contribution in [2.24, 2.45) is 0 Å². The molecule has 0 spiro atoms. The average Bonchev–Trinajstić information content (AvgIpc) is 3.38. The van der Waals surface area contributed by atoms with Crippen molar-refractivity contribution in [3.63, 3.8) is 0 Å². The molecule has 2 aliphatic rings. The van der Waals surface area contributed by atoms with Gasteiger partial charge in [0.05, 0.1) is 18.9 Å². The Morgan fingerprint density at radius 1 is 1.12 bits per heavy atom. The number of nitrogens with zero attached hydrogens (tertiary/aromatic N) is 1. The first-order valence-electron chi connectivity index (χ1n) is 10.8. The molecule has 3 amide bonds. The van der Waals surface area contributed by atoms with E-state index in [0.29, 0.717) is 0 Å². The summed E-state index contributed by atoms with van der Waals surface area (Å²) in [6.07, 6.45) is -1.94. The molecule has 0 saturated carbocycles. The van der Waals surface area contributed by atoms with Crippen molar-refractivity contribution in [1.82, 2.24) is 15.8 Å². The summed E-state index contributed by atoms with van der Waals surface area (Å²) in [5, 5.41) is 12.6. The molecular weight excluding hydrogens is 442 g/mol. The lowest BCUT2D eigenvalue weighted by Crippen LogP contribution is -2.48. The zero-order chi connectivity index (χ0) is 24.2. The number of carboxylic acid groups (broad SMARTS) is 1. The molecular formula is C24H25N3O7. The van der Waals surface area contributed by atoms with Gasteiger partial charge in [-0.3, -0.25) is 15.0 Å². The molecule has 0 radical (unpaired) electrons. The van der Waals surface area contributed by atoms with Crippen LogP contribution in [0.2, 0.25) is 0 Å². The molecule has 0 aromatic heterocycles. The molecule has 1 aliphatic carbocycles. The molecule has 1 fully saturated rings. The summed E-state index contributed by atoms with van der Waals surface area (Å²) in [6, 6.07) is 14.7. The third-order valence-electron chi connectivity index (χ3n) is 6.04. The van der Waals surface area contributed by atoms with Gasteiger partial charge in [0.2, 0.25) is 11.8 Å². The number of carbonyl (C=O) groups is 4. The summed E-state index contributed by atoms with van der Waals surface area (Å²) in [6.45, 7) is 0.120. The van der Waals surface area contributed by atoms with Crippen LogP contribution in [0.3, 0.4) is 0 Å². The lowest BCUT2D eigenvalue weighted by molar-refractivity contribution is -0.151. The number of benzene rings is 2. The number of carboxylic acids is 1. The Morgan fingerprint density at radius 2 is 1.74 bits per heavy atom. The molecule has 10 heteroatoms. The number of carbonyl (C=O) groups excluding carboxylic acids is 3. The van der Waals surface area contributed by atoms with Crippen LogP contribution < -0.4 is 10.7 Å². The standard InChI is InChI=1S/C24H25N3O7/c1-33-14(10-22(29)27-20(23(30)31)11-21(28)26-27)12-25-24(32)34-13-19-17-8-4-2-6-15(17)16-7-3-5-9-18(16)19/h2-9,14,19-20H,10-13H2,1H3,(H,25,32)(H,26,28)(H,30,31). The second-order valence-electron chi connectivity index (χ2n) is 8.13. The van der Waals surface area contributed by atoms with Crippen LogP contribution in [-0.2, 0) is 23.9 Å². The number of hydrazine groups is 1. The van der Waals surface area contributed by atoms with Crippen LogP contribution in [0, 0.1) is 0 Å². The van der Waals surface area contributed by atoms with E-state index in [0.717, 1.165) is 27.3 Å². The summed E-state index contributed by atoms with van der Waals surface area (Å²) in [5.41, 5.74) is 6.68. The smallest absolute Gasteiger partial charge is 0.407 e. The predicted molar refractivity (Wildman–Crippen MR) is 120 cm³/mol. The lowest BCUT2D eigenvalue weighted by Gasteiger charge is -2.23. The van der Waals surface area contributed by atoms with Gasteiger partial charge in [0.15, 0.2) is 6.04 Å². The van der Waals surface area contributed by atoms with Gasteiger partial charge in [0, 0.05) is 19.6 Å². The van der Waals surface area contributed by atoms with Crippen LogP contribution in [0.5, 0.6) is 0 Å². The number of alkyl carbamates (subject to hydrolysis) is 1. The predicted octanol–water partition coefficient (Wildman–Crippen LogP) is 1.65. The van der Waals surface area contributed by atoms with E-state index in [1.54, 1.807) is 0 Å². The number of nitrogens with one attached hydrogen (secondary N) is 2. The number of ether oxygens (including phenoxy) is 2. The zero-order valence-electron chi connectivity index (χ0n) is 18.5. The quantitative estimate of drug-likeness (QED) is 0.537. The van der Waals surface area contributed by atoms with Gasteiger partial charge in [0.25, 0.3) is 0 Å². The Bertz CT molecular complexity index is 1070. The van der Waals surface area contributed by atoms with E-state index in [4.69, 9.17) is 9.47 Å². The maximum atomic E-state index is 12.5. The molecule has 2 unspecified atom stereocenters. The van der Waals surface area contributed by atoms with Gasteiger partial charge in [-0.2, -0.15) is 0 Å². The van der Waals surface area contributed by atoms with Gasteiger partial charge in [-0.15, -0.1) is 0 Å². The number of rotatable bonds is 8. The second kappa shape index (κ2) is 9.92. The van der Waals surface area contributed by atoms with Crippen molar-refractivity contribution in [2.45, 2.75) is 30.9 Å². The maximum Gasteiger partial charge on any atom is 0.407 e. The third kappa shape index (κ3) is 4.72. The third-order valence-corrected chi connectivity index (χ3v) is 6.04. The number of aliphatic carboxylic acids is 1. The average molecular weight is 467 g/mol. The first-order chi connectivity index (χ1) is 16.4. The normalized spacial score (nSPS) is 17.5. The molecule has 10 nitrogen and oxygen atoms in total. The Morgan fingerprint density at radius 3 is 2.32 bits per heavy atom. The molecule has 3 N–H and O–H groups in total. The molecule has 2 aromatic carbocycles. The van der Waals surface area contributed by atoms with E-state index < -0.39 is 36.0 Å². The van der Waals surface area contributed by atoms with Crippen molar-refractivity contribution >= 4 is 23.9 Å². The van der Waals surface area contributed by atoms with Gasteiger partial charge in [-0.1, -0.05) is 48.5 Å². The van der Waals surface area contributed by atoms with Crippen LogP contribution in [0.1, 0.15) is 29.9 Å². The fourth-order valence-electron chi connectivity index (χ4n) is 4.34. The van der Waals surface area contributed by atoms with Crippen LogP contribution in [0.15, 0.2) is 48.5 Å². The highest BCUT2D eigenvalue weighted by molar-refractivity contribution is 5.93. The van der Waals surface area contributed by atoms with Crippen LogP contribution in [-0.4, -0.2) is 66.4 Å². The lowest BCUT2D eigenvalue weighted by atomic mass is 9.98. The minimum atomic E-state index is -1.28. The van der Waals surface area contributed by atoms with Gasteiger partial charge in [-0.05, 0) is 22.3 Å². The minimum Gasteiger partial charge on any atom is -0.480 e. The fourth-order valence-corrected chi connectivity index (χ4v) is 4.34. The number of methoxy groups -OCH3 is 1. The monoisotopic (exact) mass is 467 g/mol. The highest BCUT2D eigenvalue weighted by atomic mass is 16.5. The molecule has 1 heterocycles. The fraction of sp³-hybridized carbons (Fsp3) is 0.333. The van der Waals surface area contributed by atoms with E-state index in [1.165, 1.54) is 7.11 Å². The summed E-state index contributed by atoms with van der Waals surface area (Å²) in [4.78, 5) is 47.6. The first-order valence-corrected chi connectivity index (χ1v) is 10.8. The molecule has 2 aromatic rings. The van der Waals surface area contributed by atoms with Crippen LogP contribution in [0.4, 0.5) is 4.79 Å². The van der Waals surface area contributed by atoms with Gasteiger partial charge in [-0.25, -0.2) is 14.6 Å². The van der Waals surface area contributed by atoms with E-state index >= 15 is 0 Å². The van der Waals surface area contributed by atoms with Crippen molar-refractivity contribution in [1.29, 1.82) is 0 Å². The maximum absolute atomic E-state index is 12.5. The van der Waals surface area contributed by atoms with Gasteiger partial charge in [0.1, 0.15) is 6.61 Å². The molecule has 0 bridgehead atoms. The van der Waals surface area contributed by atoms with E-state index in [2.05, 4.69) is 10.7 Å². The highest BCUT2D eigenvalue weighted by Gasteiger charge is 2.39. The Hall–Kier alpha value is -3.92. The van der Waals surface area contributed by atoms with E-state index in [-0.39, 0.29) is 31.9 Å². The van der Waals surface area contributed by atoms with Crippen LogP contribution in [0.25, 0.3) is 11.1 Å². The second-order valence-corrected chi connectivity index (χ2v) is 8.13. The topological polar surface area (TPSA) is 134 Å². The van der Waals surface area contributed by atoms with Crippen molar-refractivity contribution in [3.8, 4) is 11.1 Å². The number of hydrogen-bond acceptors (Lipinski definition) is 6.